The van der Waals surface area contributed by atoms with Gasteiger partial charge in [-0.1, -0.05) is 90.6 Å². The lowest BCUT2D eigenvalue weighted by atomic mass is 9.93. The monoisotopic (exact) mass is 505 g/mol. The number of nitrogens with zero attached hydrogens (tertiary/aromatic N) is 3. The predicted molar refractivity (Wildman–Crippen MR) is 154 cm³/mol. The van der Waals surface area contributed by atoms with Gasteiger partial charge in [0.1, 0.15) is 17.8 Å². The van der Waals surface area contributed by atoms with E-state index in [1.165, 1.54) is 32.3 Å². The highest BCUT2D eigenvalue weighted by atomic mass is 32.2. The van der Waals surface area contributed by atoms with Gasteiger partial charge >= 0.3 is 0 Å². The number of benzene rings is 6. The summed E-state index contributed by atoms with van der Waals surface area (Å²) in [5.74, 6) is 2.96. The van der Waals surface area contributed by atoms with Crippen molar-refractivity contribution in [2.24, 2.45) is 0 Å². The molecule has 1 aliphatic rings. The fraction of sp³-hybridized carbons (Fsp3) is 0. The van der Waals surface area contributed by atoms with Crippen LogP contribution < -0.4 is 4.74 Å². The van der Waals surface area contributed by atoms with Crippen LogP contribution in [0.1, 0.15) is 0 Å². The Morgan fingerprint density at radius 3 is 1.95 bits per heavy atom. The Bertz CT molecular complexity index is 2020. The van der Waals surface area contributed by atoms with Gasteiger partial charge in [0.05, 0.1) is 9.79 Å². The number of rotatable bonds is 2. The molecule has 178 valence electrons. The number of para-hydroxylation sites is 1. The minimum absolute atomic E-state index is 0.630. The molecule has 0 bridgehead atoms. The van der Waals surface area contributed by atoms with E-state index in [4.69, 9.17) is 9.72 Å². The molecule has 0 atom stereocenters. The summed E-state index contributed by atoms with van der Waals surface area (Å²) in [6, 6.07) is 37.8. The Balaban J connectivity index is 1.28. The van der Waals surface area contributed by atoms with E-state index in [-0.39, 0.29) is 0 Å². The maximum absolute atomic E-state index is 6.19. The maximum atomic E-state index is 6.19. The quantitative estimate of drug-likeness (QED) is 0.220. The first kappa shape index (κ1) is 21.4. The molecule has 6 aromatic carbocycles. The van der Waals surface area contributed by atoms with Crippen LogP contribution in [0.2, 0.25) is 0 Å². The van der Waals surface area contributed by atoms with Crippen molar-refractivity contribution in [1.29, 1.82) is 0 Å². The molecule has 4 nitrogen and oxygen atoms in total. The zero-order chi connectivity index (χ0) is 25.1. The fourth-order valence-corrected chi connectivity index (χ4v) is 6.39. The van der Waals surface area contributed by atoms with E-state index in [0.29, 0.717) is 11.6 Å². The number of aromatic nitrogens is 3. The van der Waals surface area contributed by atoms with E-state index in [0.717, 1.165) is 32.4 Å². The molecular formula is C33H19N3OS. The molecule has 5 heteroatoms. The second-order valence-electron chi connectivity index (χ2n) is 9.27. The number of hydrogen-bond donors (Lipinski definition) is 0. The van der Waals surface area contributed by atoms with Crippen molar-refractivity contribution in [3.8, 4) is 34.3 Å². The van der Waals surface area contributed by atoms with Crippen molar-refractivity contribution < 1.29 is 4.74 Å². The Morgan fingerprint density at radius 1 is 0.526 bits per heavy atom. The molecule has 2 heterocycles. The molecule has 0 saturated heterocycles. The highest BCUT2D eigenvalue weighted by molar-refractivity contribution is 7.99. The van der Waals surface area contributed by atoms with Gasteiger partial charge in [0.2, 0.25) is 0 Å². The van der Waals surface area contributed by atoms with E-state index in [2.05, 4.69) is 82.8 Å². The van der Waals surface area contributed by atoms with Crippen LogP contribution in [0.5, 0.6) is 11.5 Å². The van der Waals surface area contributed by atoms with Gasteiger partial charge in [0.25, 0.3) is 0 Å². The van der Waals surface area contributed by atoms with E-state index in [9.17, 15) is 0 Å². The van der Waals surface area contributed by atoms with Gasteiger partial charge in [-0.2, -0.15) is 0 Å². The fourth-order valence-electron chi connectivity index (χ4n) is 5.34. The van der Waals surface area contributed by atoms with Crippen LogP contribution in [0.3, 0.4) is 0 Å². The van der Waals surface area contributed by atoms with Crippen LogP contribution in [0, 0.1) is 0 Å². The van der Waals surface area contributed by atoms with E-state index >= 15 is 0 Å². The van der Waals surface area contributed by atoms with Crippen LogP contribution in [0.25, 0.3) is 55.1 Å². The van der Waals surface area contributed by atoms with Gasteiger partial charge in [-0.3, -0.25) is 0 Å². The number of fused-ring (bicyclic) bond motifs is 8. The summed E-state index contributed by atoms with van der Waals surface area (Å²) in [5.41, 5.74) is 1.89. The van der Waals surface area contributed by atoms with Crippen LogP contribution in [-0.2, 0) is 0 Å². The average molecular weight is 506 g/mol. The summed E-state index contributed by atoms with van der Waals surface area (Å²) in [6.45, 7) is 0. The van der Waals surface area contributed by atoms with Crippen molar-refractivity contribution in [2.45, 2.75) is 9.79 Å². The minimum atomic E-state index is 0.630. The van der Waals surface area contributed by atoms with E-state index in [1.54, 1.807) is 18.1 Å². The number of ether oxygens (including phenoxy) is 1. The maximum Gasteiger partial charge on any atom is 0.164 e. The van der Waals surface area contributed by atoms with Gasteiger partial charge in [-0.25, -0.2) is 15.0 Å². The van der Waals surface area contributed by atoms with Gasteiger partial charge in [0, 0.05) is 11.1 Å². The Hall–Kier alpha value is -4.74. The van der Waals surface area contributed by atoms with Crippen LogP contribution >= 0.6 is 11.8 Å². The van der Waals surface area contributed by atoms with Gasteiger partial charge in [-0.05, 0) is 62.6 Å². The molecule has 0 saturated carbocycles. The lowest BCUT2D eigenvalue weighted by Gasteiger charge is -2.21. The molecule has 1 aliphatic heterocycles. The van der Waals surface area contributed by atoms with Gasteiger partial charge in [-0.15, -0.1) is 0 Å². The highest BCUT2D eigenvalue weighted by Crippen LogP contribution is 2.50. The molecule has 7 aromatic rings. The Labute approximate surface area is 223 Å². The molecule has 1 aromatic heterocycles. The normalized spacial score (nSPS) is 12.3. The van der Waals surface area contributed by atoms with Crippen LogP contribution in [-0.4, -0.2) is 15.0 Å². The molecule has 0 aliphatic carbocycles. The molecule has 0 N–H and O–H groups in total. The molecule has 0 unspecified atom stereocenters. The third kappa shape index (κ3) is 3.29. The average Bonchev–Trinajstić information content (AvgIpc) is 2.99. The Kier molecular flexibility index (Phi) is 4.72. The molecular weight excluding hydrogens is 486 g/mol. The first-order valence-electron chi connectivity index (χ1n) is 12.4. The Morgan fingerprint density at radius 2 is 1.16 bits per heavy atom. The zero-order valence-corrected chi connectivity index (χ0v) is 20.9. The van der Waals surface area contributed by atoms with Crippen molar-refractivity contribution in [2.75, 3.05) is 0 Å². The summed E-state index contributed by atoms with van der Waals surface area (Å²) in [5, 5.41) is 7.40. The van der Waals surface area contributed by atoms with E-state index in [1.807, 2.05) is 36.4 Å². The molecule has 0 fully saturated rings. The standard InChI is InChI=1S/C33H19N3OS/c1-2-10-23-21(8-1)22-9-3-4-11-24(22)27-18-20(16-17-25(23)27)32-34-19-35-33(36-32)26-12-7-14-29-31(26)38-30-15-6-5-13-28(30)37-29/h1-19H. The van der Waals surface area contributed by atoms with Gasteiger partial charge in [0.15, 0.2) is 11.6 Å². The zero-order valence-electron chi connectivity index (χ0n) is 20.1. The topological polar surface area (TPSA) is 47.9 Å². The van der Waals surface area contributed by atoms with Crippen molar-refractivity contribution >= 4 is 44.1 Å². The summed E-state index contributed by atoms with van der Waals surface area (Å²) in [6.07, 6.45) is 1.60. The second kappa shape index (κ2) is 8.40. The van der Waals surface area contributed by atoms with Crippen LogP contribution in [0.15, 0.2) is 125 Å². The van der Waals surface area contributed by atoms with Gasteiger partial charge < -0.3 is 4.74 Å². The summed E-state index contributed by atoms with van der Waals surface area (Å²) in [7, 11) is 0. The van der Waals surface area contributed by atoms with Crippen molar-refractivity contribution in [1.82, 2.24) is 15.0 Å². The molecule has 38 heavy (non-hydrogen) atoms. The minimum Gasteiger partial charge on any atom is -0.455 e. The van der Waals surface area contributed by atoms with Crippen molar-refractivity contribution in [3.05, 3.63) is 116 Å². The first-order chi connectivity index (χ1) is 18.8. The molecule has 0 radical (unpaired) electrons. The lowest BCUT2D eigenvalue weighted by Crippen LogP contribution is -2.00. The summed E-state index contributed by atoms with van der Waals surface area (Å²) < 4.78 is 6.19. The summed E-state index contributed by atoms with van der Waals surface area (Å²) >= 11 is 1.68. The third-order valence-corrected chi connectivity index (χ3v) is 8.26. The lowest BCUT2D eigenvalue weighted by molar-refractivity contribution is 0.455. The molecule has 0 amide bonds. The smallest absolute Gasteiger partial charge is 0.164 e. The highest BCUT2D eigenvalue weighted by Gasteiger charge is 2.22. The molecule has 0 spiro atoms. The molecule has 8 rings (SSSR count). The SMILES string of the molecule is c1ccc2c(c1)Oc1cccc(-c3ncnc(-c4ccc5c6ccccc6c6ccccc6c5c4)n3)c1S2. The second-order valence-corrected chi connectivity index (χ2v) is 10.3. The number of hydrogen-bond acceptors (Lipinski definition) is 5. The van der Waals surface area contributed by atoms with Crippen molar-refractivity contribution in [3.63, 3.8) is 0 Å². The van der Waals surface area contributed by atoms with Crippen LogP contribution in [0.4, 0.5) is 0 Å². The predicted octanol–water partition coefficient (Wildman–Crippen LogP) is 8.92. The largest absolute Gasteiger partial charge is 0.455 e. The third-order valence-electron chi connectivity index (χ3n) is 7.08. The summed E-state index contributed by atoms with van der Waals surface area (Å²) in [4.78, 5) is 16.2. The van der Waals surface area contributed by atoms with E-state index < -0.39 is 0 Å². The first-order valence-corrected chi connectivity index (χ1v) is 13.3.